The van der Waals surface area contributed by atoms with Crippen LogP contribution in [0.15, 0.2) is 77.7 Å². The molecule has 1 amide bonds. The van der Waals surface area contributed by atoms with Gasteiger partial charge in [0.25, 0.3) is 5.91 Å². The van der Waals surface area contributed by atoms with E-state index in [1.165, 1.54) is 15.4 Å². The molecule has 0 radical (unpaired) electrons. The number of hydrogen-bond acceptors (Lipinski definition) is 4. The summed E-state index contributed by atoms with van der Waals surface area (Å²) < 4.78 is 30.3. The highest BCUT2D eigenvalue weighted by Crippen LogP contribution is 2.25. The maximum atomic E-state index is 12.9. The van der Waals surface area contributed by atoms with Crippen molar-refractivity contribution in [3.63, 3.8) is 0 Å². The number of morpholine rings is 1. The molecule has 0 aromatic heterocycles. The molecular formula is C27H30N3O4S+. The Bertz CT molecular complexity index is 1240. The first kappa shape index (κ1) is 23.8. The van der Waals surface area contributed by atoms with Gasteiger partial charge in [-0.25, -0.2) is 0 Å². The first-order valence-corrected chi connectivity index (χ1v) is 13.4. The normalized spacial score (nSPS) is 18.4. The number of fused-ring (bicyclic) bond motifs is 1. The molecule has 8 heteroatoms. The maximum Gasteiger partial charge on any atom is 0.325 e. The predicted octanol–water partition coefficient (Wildman–Crippen LogP) is 4.08. The largest absolute Gasteiger partial charge is 0.378 e. The van der Waals surface area contributed by atoms with Gasteiger partial charge < -0.3 is 10.1 Å². The molecule has 0 saturated carbocycles. The summed E-state index contributed by atoms with van der Waals surface area (Å²) in [6, 6.07) is 22.8. The molecule has 7 nitrogen and oxygen atoms in total. The number of amides is 1. The smallest absolute Gasteiger partial charge is 0.325 e. The van der Waals surface area contributed by atoms with Crippen LogP contribution in [0.25, 0.3) is 0 Å². The Morgan fingerprint density at radius 1 is 0.943 bits per heavy atom. The van der Waals surface area contributed by atoms with Crippen molar-refractivity contribution in [2.45, 2.75) is 24.4 Å². The zero-order chi connectivity index (χ0) is 24.3. The highest BCUT2D eigenvalue weighted by Gasteiger charge is 2.39. The van der Waals surface area contributed by atoms with Gasteiger partial charge >= 0.3 is 10.4 Å². The number of nitrogens with zero attached hydrogens (tertiary/aromatic N) is 2. The van der Waals surface area contributed by atoms with Crippen LogP contribution in [0.5, 0.6) is 0 Å². The van der Waals surface area contributed by atoms with E-state index in [4.69, 9.17) is 4.74 Å². The summed E-state index contributed by atoms with van der Waals surface area (Å²) >= 11 is 0. The average molecular weight is 493 g/mol. The average Bonchev–Trinajstić information content (AvgIpc) is 2.89. The summed E-state index contributed by atoms with van der Waals surface area (Å²) in [7, 11) is -3.31. The minimum atomic E-state index is -3.31. The fourth-order valence-electron chi connectivity index (χ4n) is 4.62. The lowest BCUT2D eigenvalue weighted by molar-refractivity contribution is 0.0700. The molecule has 2 N–H and O–H groups in total. The third-order valence-corrected chi connectivity index (χ3v) is 8.50. The summed E-state index contributed by atoms with van der Waals surface area (Å²) in [4.78, 5) is 15.6. The number of nitrogens with one attached hydrogen (secondary N) is 1. The monoisotopic (exact) mass is 492 g/mol. The summed E-state index contributed by atoms with van der Waals surface area (Å²) in [5.74, 6) is -0.207. The van der Waals surface area contributed by atoms with E-state index < -0.39 is 10.4 Å². The lowest BCUT2D eigenvalue weighted by Gasteiger charge is -2.28. The van der Waals surface area contributed by atoms with Crippen molar-refractivity contribution < 1.29 is 18.3 Å². The summed E-state index contributed by atoms with van der Waals surface area (Å²) in [6.45, 7) is 4.40. The van der Waals surface area contributed by atoms with Crippen LogP contribution in [0.2, 0.25) is 0 Å². The van der Waals surface area contributed by atoms with Crippen LogP contribution < -0.4 is 5.32 Å². The summed E-state index contributed by atoms with van der Waals surface area (Å²) in [5.41, 5.74) is 5.05. The second kappa shape index (κ2) is 10.4. The van der Waals surface area contributed by atoms with E-state index in [2.05, 4.69) is 40.5 Å². The second-order valence-electron chi connectivity index (χ2n) is 8.95. The Labute approximate surface area is 207 Å². The van der Waals surface area contributed by atoms with Crippen molar-refractivity contribution in [1.82, 2.24) is 9.21 Å². The van der Waals surface area contributed by atoms with Gasteiger partial charge in [-0.1, -0.05) is 40.7 Å². The molecule has 0 bridgehead atoms. The van der Waals surface area contributed by atoms with Crippen molar-refractivity contribution in [2.24, 2.45) is 0 Å². The Balaban J connectivity index is 1.22. The molecule has 2 aliphatic heterocycles. The highest BCUT2D eigenvalue weighted by molar-refractivity contribution is 7.95. The van der Waals surface area contributed by atoms with Crippen LogP contribution in [-0.4, -0.2) is 52.5 Å². The van der Waals surface area contributed by atoms with Gasteiger partial charge in [0.05, 0.1) is 26.3 Å². The number of rotatable bonds is 6. The van der Waals surface area contributed by atoms with Gasteiger partial charge in [0, 0.05) is 43.0 Å². The molecule has 5 rings (SSSR count). The molecule has 1 fully saturated rings. The van der Waals surface area contributed by atoms with Crippen molar-refractivity contribution in [2.75, 3.05) is 38.2 Å². The van der Waals surface area contributed by atoms with Crippen molar-refractivity contribution >= 4 is 22.0 Å². The van der Waals surface area contributed by atoms with Gasteiger partial charge in [-0.15, -0.1) is 0 Å². The first-order valence-electron chi connectivity index (χ1n) is 11.9. The van der Waals surface area contributed by atoms with E-state index >= 15 is 0 Å². The predicted molar refractivity (Wildman–Crippen MR) is 136 cm³/mol. The molecule has 1 unspecified atom stereocenters. The molecule has 3 aromatic carbocycles. The van der Waals surface area contributed by atoms with Crippen LogP contribution in [-0.2, 0) is 38.9 Å². The lowest BCUT2D eigenvalue weighted by atomic mass is 9.99. The standard InChI is InChI=1S/C27H29N3O4S/c31-27(28-25-8-10-26(11-9-25)35(32,33)30-14-16-34-17-15-30)23-7-3-4-21(18-23)19-29-13-12-22-5-1-2-6-24(22)20-29/h1-11,18H,12-17,19-20H2,(H-,28,31,32,33)/p+1. The highest BCUT2D eigenvalue weighted by atomic mass is 32.3. The fourth-order valence-corrected chi connectivity index (χ4v) is 6.05. The van der Waals surface area contributed by atoms with E-state index in [0.717, 1.165) is 31.6 Å². The SMILES string of the molecule is O=C(Nc1ccc([S+](=O)(O)N2CCOCC2)cc1)c1cccc(CN2CCc3ccccc3C2)c1. The van der Waals surface area contributed by atoms with Crippen molar-refractivity contribution in [3.05, 3.63) is 95.1 Å². The van der Waals surface area contributed by atoms with Gasteiger partial charge in [0.2, 0.25) is 4.90 Å². The van der Waals surface area contributed by atoms with E-state index in [1.54, 1.807) is 30.3 Å². The Morgan fingerprint density at radius 2 is 1.69 bits per heavy atom. The molecule has 0 spiro atoms. The molecule has 2 aliphatic rings. The van der Waals surface area contributed by atoms with Crippen LogP contribution in [0.4, 0.5) is 5.69 Å². The number of hydrogen-bond donors (Lipinski definition) is 2. The van der Waals surface area contributed by atoms with Gasteiger partial charge in [-0.3, -0.25) is 9.69 Å². The summed E-state index contributed by atoms with van der Waals surface area (Å²) in [5, 5.41) is 2.90. The maximum absolute atomic E-state index is 12.9. The Morgan fingerprint density at radius 3 is 2.46 bits per heavy atom. The van der Waals surface area contributed by atoms with Crippen LogP contribution >= 0.6 is 0 Å². The zero-order valence-electron chi connectivity index (χ0n) is 19.6. The van der Waals surface area contributed by atoms with Gasteiger partial charge in [0.1, 0.15) is 0 Å². The Hall–Kier alpha value is -2.88. The first-order chi connectivity index (χ1) is 17.0. The fraction of sp³-hybridized carbons (Fsp3) is 0.296. The molecule has 0 aliphatic carbocycles. The molecule has 35 heavy (non-hydrogen) atoms. The van der Waals surface area contributed by atoms with Crippen molar-refractivity contribution in [1.29, 1.82) is 0 Å². The molecule has 182 valence electrons. The summed E-state index contributed by atoms with van der Waals surface area (Å²) in [6.07, 6.45) is 1.04. The molecule has 2 heterocycles. The Kier molecular flexibility index (Phi) is 7.08. The third kappa shape index (κ3) is 5.52. The van der Waals surface area contributed by atoms with Gasteiger partial charge in [-0.2, -0.15) is 4.55 Å². The van der Waals surface area contributed by atoms with Crippen LogP contribution in [0, 0.1) is 0 Å². The molecule has 1 saturated heterocycles. The number of ether oxygens (including phenoxy) is 1. The van der Waals surface area contributed by atoms with Crippen LogP contribution in [0.1, 0.15) is 27.0 Å². The third-order valence-electron chi connectivity index (χ3n) is 6.54. The second-order valence-corrected chi connectivity index (χ2v) is 10.9. The number of carbonyl (C=O) groups excluding carboxylic acids is 1. The molecule has 1 atom stereocenters. The number of carbonyl (C=O) groups is 1. The van der Waals surface area contributed by atoms with E-state index in [-0.39, 0.29) is 5.91 Å². The topological polar surface area (TPSA) is 82.1 Å². The van der Waals surface area contributed by atoms with Gasteiger partial charge in [-0.05, 0) is 51.6 Å². The van der Waals surface area contributed by atoms with Crippen molar-refractivity contribution in [3.8, 4) is 0 Å². The van der Waals surface area contributed by atoms with Crippen LogP contribution in [0.3, 0.4) is 0 Å². The van der Waals surface area contributed by atoms with Gasteiger partial charge in [0.15, 0.2) is 0 Å². The van der Waals surface area contributed by atoms with E-state index in [1.807, 2.05) is 12.1 Å². The number of benzene rings is 3. The number of anilines is 1. The minimum Gasteiger partial charge on any atom is -0.378 e. The quantitative estimate of drug-likeness (QED) is 0.507. The molecule has 3 aromatic rings. The minimum absolute atomic E-state index is 0.207. The molecular weight excluding hydrogens is 462 g/mol. The zero-order valence-corrected chi connectivity index (χ0v) is 20.4. The lowest BCUT2D eigenvalue weighted by Crippen LogP contribution is -2.43. The van der Waals surface area contributed by atoms with E-state index in [9.17, 15) is 13.6 Å². The van der Waals surface area contributed by atoms with E-state index in [0.29, 0.717) is 42.4 Å².